The maximum absolute atomic E-state index is 7.30. The Labute approximate surface area is 264 Å². The Morgan fingerprint density at radius 1 is 0.814 bits per heavy atom. The maximum Gasteiger partial charge on any atom is 0.207 e. The number of hydrogen-bond donors (Lipinski definition) is 0. The predicted octanol–water partition coefficient (Wildman–Crippen LogP) is 8.21. The third-order valence-corrected chi connectivity index (χ3v) is 23.7. The lowest BCUT2D eigenvalue weighted by molar-refractivity contribution is -0.0470. The number of imidazole rings is 1. The van der Waals surface area contributed by atoms with Gasteiger partial charge in [0.05, 0.1) is 18.6 Å². The first-order chi connectivity index (χ1) is 19.3. The average Bonchev–Trinajstić information content (AvgIpc) is 3.37. The minimum Gasteiger partial charge on any atom is -0.414 e. The second kappa shape index (κ2) is 12.1. The highest BCUT2D eigenvalue weighted by molar-refractivity contribution is 6.75. The molecule has 0 spiro atoms. The first-order valence-electron chi connectivity index (χ1n) is 15.6. The average molecular weight is 647 g/mol. The van der Waals surface area contributed by atoms with Crippen LogP contribution in [0.2, 0.25) is 54.4 Å². The van der Waals surface area contributed by atoms with Gasteiger partial charge in [-0.25, -0.2) is 15.0 Å². The number of nitrogens with zero attached hydrogens (tertiary/aromatic N) is 4. The Kier molecular flexibility index (Phi) is 10.1. The zero-order valence-corrected chi connectivity index (χ0v) is 33.0. The van der Waals surface area contributed by atoms with Crippen molar-refractivity contribution in [1.82, 2.24) is 19.5 Å². The second-order valence-electron chi connectivity index (χ2n) is 16.7. The molecule has 2 aromatic rings. The monoisotopic (exact) mass is 646 g/mol. The van der Waals surface area contributed by atoms with Gasteiger partial charge in [0.1, 0.15) is 23.8 Å². The van der Waals surface area contributed by atoms with Crippen LogP contribution in [0.4, 0.5) is 0 Å². The van der Waals surface area contributed by atoms with E-state index in [-0.39, 0.29) is 33.4 Å². The Balaban J connectivity index is 2.22. The van der Waals surface area contributed by atoms with E-state index in [1.807, 2.05) is 17.8 Å². The fourth-order valence-corrected chi connectivity index (χ4v) is 7.90. The summed E-state index contributed by atoms with van der Waals surface area (Å²) in [4.78, 5) is 14.1. The molecule has 1 aliphatic heterocycles. The van der Waals surface area contributed by atoms with E-state index in [1.54, 1.807) is 6.92 Å². The fourth-order valence-electron chi connectivity index (χ4n) is 4.29. The quantitative estimate of drug-likeness (QED) is 0.211. The van der Waals surface area contributed by atoms with E-state index in [9.17, 15) is 0 Å². The Hall–Kier alpha value is -1.40. The largest absolute Gasteiger partial charge is 0.414 e. The van der Waals surface area contributed by atoms with Crippen LogP contribution in [0.3, 0.4) is 0 Å². The van der Waals surface area contributed by atoms with Gasteiger partial charge in [0.2, 0.25) is 5.82 Å². The number of fused-ring (bicyclic) bond motifs is 1. The highest BCUT2D eigenvalue weighted by Crippen LogP contribution is 2.47. The second-order valence-corrected chi connectivity index (χ2v) is 31.0. The van der Waals surface area contributed by atoms with Crippen molar-refractivity contribution in [1.29, 1.82) is 0 Å². The summed E-state index contributed by atoms with van der Waals surface area (Å²) in [7, 11) is -6.58. The van der Waals surface area contributed by atoms with Gasteiger partial charge < -0.3 is 18.0 Å². The lowest BCUT2D eigenvalue weighted by Crippen LogP contribution is -2.54. The third kappa shape index (κ3) is 7.54. The van der Waals surface area contributed by atoms with E-state index in [2.05, 4.69) is 118 Å². The molecule has 1 aliphatic rings. The molecule has 3 rings (SSSR count). The van der Waals surface area contributed by atoms with Gasteiger partial charge in [-0.1, -0.05) is 68.2 Å². The minimum absolute atomic E-state index is 0.00551. The lowest BCUT2D eigenvalue weighted by atomic mass is 10.1. The molecular weight excluding hydrogens is 589 g/mol. The molecule has 1 saturated heterocycles. The van der Waals surface area contributed by atoms with E-state index < -0.39 is 31.2 Å². The molecule has 43 heavy (non-hydrogen) atoms. The molecule has 0 saturated carbocycles. The van der Waals surface area contributed by atoms with Crippen LogP contribution in [-0.4, -0.2) is 69.4 Å². The molecule has 8 nitrogen and oxygen atoms in total. The number of aryl methyl sites for hydroxylation is 1. The number of rotatable bonds is 8. The third-order valence-electron chi connectivity index (χ3n) is 10.3. The molecule has 2 aromatic heterocycles. The molecule has 4 atom stereocenters. The molecule has 0 N–H and O–H groups in total. The van der Waals surface area contributed by atoms with E-state index in [4.69, 9.17) is 28.0 Å². The van der Waals surface area contributed by atoms with Crippen molar-refractivity contribution < 1.29 is 18.0 Å². The van der Waals surface area contributed by atoms with Gasteiger partial charge in [0.25, 0.3) is 0 Å². The van der Waals surface area contributed by atoms with Crippen molar-refractivity contribution in [2.24, 2.45) is 0 Å². The SMILES string of the molecule is CC#Cc1nc(C)c2ncn([C@@H]3O[C@H](CO[Si](C)(C)C(C)(C)C)[C@@H](O[Si](C)(C)C(C)(C)C)[C@H]3O[Si](C)(C)C(C)(C)C)c2n1. The van der Waals surface area contributed by atoms with Crippen molar-refractivity contribution in [3.8, 4) is 11.8 Å². The molecular formula is C32H58N4O4Si3. The number of ether oxygens (including phenoxy) is 1. The number of hydrogen-bond acceptors (Lipinski definition) is 7. The number of aromatic nitrogens is 4. The Morgan fingerprint density at radius 3 is 1.81 bits per heavy atom. The summed E-state index contributed by atoms with van der Waals surface area (Å²) in [6.45, 7) is 38.4. The molecule has 0 amide bonds. The molecule has 0 bridgehead atoms. The zero-order chi connectivity index (χ0) is 33.0. The van der Waals surface area contributed by atoms with Crippen LogP contribution < -0.4 is 0 Å². The van der Waals surface area contributed by atoms with Crippen LogP contribution in [0, 0.1) is 18.8 Å². The summed E-state index contributed by atoms with van der Waals surface area (Å²) in [5.74, 6) is 6.42. The van der Waals surface area contributed by atoms with Crippen LogP contribution in [0.15, 0.2) is 6.33 Å². The normalized spacial score (nSPS) is 22.6. The molecule has 3 heterocycles. The van der Waals surface area contributed by atoms with Gasteiger partial charge in [-0.05, 0) is 74.2 Å². The van der Waals surface area contributed by atoms with Crippen LogP contribution in [0.5, 0.6) is 0 Å². The van der Waals surface area contributed by atoms with Crippen LogP contribution in [-0.2, 0) is 18.0 Å². The van der Waals surface area contributed by atoms with E-state index >= 15 is 0 Å². The van der Waals surface area contributed by atoms with Gasteiger partial charge in [-0.15, -0.1) is 0 Å². The predicted molar refractivity (Wildman–Crippen MR) is 184 cm³/mol. The van der Waals surface area contributed by atoms with Crippen LogP contribution in [0.25, 0.3) is 11.2 Å². The van der Waals surface area contributed by atoms with Crippen molar-refractivity contribution in [2.45, 2.75) is 155 Å². The topological polar surface area (TPSA) is 80.5 Å². The summed E-state index contributed by atoms with van der Waals surface area (Å²) in [5.41, 5.74) is 2.21. The van der Waals surface area contributed by atoms with Gasteiger partial charge >= 0.3 is 0 Å². The smallest absolute Gasteiger partial charge is 0.207 e. The highest BCUT2D eigenvalue weighted by atomic mass is 28.4. The Morgan fingerprint density at radius 2 is 1.33 bits per heavy atom. The molecule has 0 aliphatic carbocycles. The standard InChI is InChI=1S/C32H58N4O4Si3/c1-18-19-24-34-22(2)25-28(35-24)36(21-33-25)29-27(40-43(16,17)32(9,10)11)26(39-42(14,15)31(6,7)8)23(38-29)20-37-41(12,13)30(3,4)5/h21,23,26-27,29H,20H2,1-17H3/t23-,26-,27-,29-/m1/s1. The van der Waals surface area contributed by atoms with E-state index in [1.165, 1.54) is 0 Å². The summed E-state index contributed by atoms with van der Waals surface area (Å²) in [5, 5.41) is 0.0786. The summed E-state index contributed by atoms with van der Waals surface area (Å²) in [6, 6.07) is 0. The maximum atomic E-state index is 7.30. The first kappa shape index (κ1) is 36.1. The van der Waals surface area contributed by atoms with Crippen molar-refractivity contribution >= 4 is 36.1 Å². The van der Waals surface area contributed by atoms with Crippen molar-refractivity contribution in [3.63, 3.8) is 0 Å². The summed E-state index contributed by atoms with van der Waals surface area (Å²) >= 11 is 0. The van der Waals surface area contributed by atoms with Crippen molar-refractivity contribution in [3.05, 3.63) is 17.8 Å². The van der Waals surface area contributed by atoms with Gasteiger partial charge in [0, 0.05) is 0 Å². The van der Waals surface area contributed by atoms with Gasteiger partial charge in [0.15, 0.2) is 36.8 Å². The Bertz CT molecular complexity index is 1360. The van der Waals surface area contributed by atoms with Crippen LogP contribution in [0.1, 0.15) is 87.0 Å². The summed E-state index contributed by atoms with van der Waals surface area (Å²) < 4.78 is 30.4. The molecule has 242 valence electrons. The van der Waals surface area contributed by atoms with E-state index in [0.29, 0.717) is 18.1 Å². The molecule has 1 fully saturated rings. The highest BCUT2D eigenvalue weighted by Gasteiger charge is 2.55. The summed E-state index contributed by atoms with van der Waals surface area (Å²) in [6.07, 6.45) is 0.288. The van der Waals surface area contributed by atoms with Crippen LogP contribution >= 0.6 is 0 Å². The van der Waals surface area contributed by atoms with E-state index in [0.717, 1.165) is 11.2 Å². The van der Waals surface area contributed by atoms with Gasteiger partial charge in [-0.2, -0.15) is 0 Å². The molecule has 0 aromatic carbocycles. The minimum atomic E-state index is -2.27. The lowest BCUT2D eigenvalue weighted by Gasteiger charge is -2.44. The molecule has 11 heteroatoms. The van der Waals surface area contributed by atoms with Gasteiger partial charge in [-0.3, -0.25) is 4.57 Å². The zero-order valence-electron chi connectivity index (χ0n) is 30.0. The molecule has 0 radical (unpaired) electrons. The van der Waals surface area contributed by atoms with Crippen molar-refractivity contribution in [2.75, 3.05) is 6.61 Å². The molecule has 0 unspecified atom stereocenters. The first-order valence-corrected chi connectivity index (χ1v) is 24.3. The fraction of sp³-hybridized carbons (Fsp3) is 0.781.